The van der Waals surface area contributed by atoms with Crippen molar-refractivity contribution in [2.45, 2.75) is 51.6 Å². The minimum atomic E-state index is -0.544. The molecule has 124 valence electrons. The van der Waals surface area contributed by atoms with Gasteiger partial charge < -0.3 is 14.7 Å². The molecule has 2 aliphatic rings. The predicted molar refractivity (Wildman–Crippen MR) is 88.4 cm³/mol. The van der Waals surface area contributed by atoms with Gasteiger partial charge in [-0.05, 0) is 31.6 Å². The molecule has 0 bridgehead atoms. The molecule has 1 aromatic rings. The SMILES string of the molecule is CCCc1nnc(N2CCC(O)(C3CCOCC3)C(C)C2)s1. The Balaban J connectivity index is 1.65. The van der Waals surface area contributed by atoms with Crippen LogP contribution >= 0.6 is 11.3 Å². The molecule has 22 heavy (non-hydrogen) atoms. The second-order valence-corrected chi connectivity index (χ2v) is 7.74. The Morgan fingerprint density at radius 1 is 1.36 bits per heavy atom. The van der Waals surface area contributed by atoms with Crippen molar-refractivity contribution in [1.29, 1.82) is 0 Å². The van der Waals surface area contributed by atoms with E-state index < -0.39 is 5.60 Å². The summed E-state index contributed by atoms with van der Waals surface area (Å²) in [5.74, 6) is 0.631. The van der Waals surface area contributed by atoms with Crippen molar-refractivity contribution in [3.05, 3.63) is 5.01 Å². The highest BCUT2D eigenvalue weighted by molar-refractivity contribution is 7.15. The highest BCUT2D eigenvalue weighted by atomic mass is 32.1. The van der Waals surface area contributed by atoms with E-state index in [4.69, 9.17) is 4.74 Å². The lowest BCUT2D eigenvalue weighted by Crippen LogP contribution is -2.56. The Morgan fingerprint density at radius 2 is 2.14 bits per heavy atom. The average molecular weight is 325 g/mol. The Hall–Kier alpha value is -0.720. The van der Waals surface area contributed by atoms with Gasteiger partial charge in [0, 0.05) is 38.6 Å². The summed E-state index contributed by atoms with van der Waals surface area (Å²) >= 11 is 1.70. The molecule has 0 amide bonds. The molecule has 2 atom stereocenters. The van der Waals surface area contributed by atoms with Crippen LogP contribution in [0, 0.1) is 11.8 Å². The summed E-state index contributed by atoms with van der Waals surface area (Å²) in [6, 6.07) is 0. The zero-order chi connectivity index (χ0) is 15.6. The second kappa shape index (κ2) is 6.81. The summed E-state index contributed by atoms with van der Waals surface area (Å²) in [5, 5.41) is 22.0. The number of hydrogen-bond donors (Lipinski definition) is 1. The van der Waals surface area contributed by atoms with Gasteiger partial charge >= 0.3 is 0 Å². The first kappa shape index (κ1) is 16.1. The molecule has 5 nitrogen and oxygen atoms in total. The van der Waals surface area contributed by atoms with E-state index in [0.29, 0.717) is 5.92 Å². The van der Waals surface area contributed by atoms with Gasteiger partial charge in [0.05, 0.1) is 5.60 Å². The number of aromatic nitrogens is 2. The molecule has 2 unspecified atom stereocenters. The molecule has 2 fully saturated rings. The van der Waals surface area contributed by atoms with Crippen molar-refractivity contribution >= 4 is 16.5 Å². The first-order valence-corrected chi connectivity index (χ1v) is 9.32. The van der Waals surface area contributed by atoms with Crippen LogP contribution in [0.3, 0.4) is 0 Å². The van der Waals surface area contributed by atoms with Gasteiger partial charge in [0.25, 0.3) is 0 Å². The molecule has 0 radical (unpaired) electrons. The molecule has 3 heterocycles. The highest BCUT2D eigenvalue weighted by Gasteiger charge is 2.45. The van der Waals surface area contributed by atoms with E-state index >= 15 is 0 Å². The van der Waals surface area contributed by atoms with Crippen LogP contribution in [-0.4, -0.2) is 47.2 Å². The van der Waals surface area contributed by atoms with Gasteiger partial charge in [-0.1, -0.05) is 25.2 Å². The number of rotatable bonds is 4. The zero-order valence-electron chi connectivity index (χ0n) is 13.6. The van der Waals surface area contributed by atoms with Gasteiger partial charge in [-0.15, -0.1) is 10.2 Å². The molecule has 1 aromatic heterocycles. The Bertz CT molecular complexity index is 489. The minimum absolute atomic E-state index is 0.253. The summed E-state index contributed by atoms with van der Waals surface area (Å²) in [7, 11) is 0. The molecule has 0 saturated carbocycles. The molecule has 0 spiro atoms. The maximum absolute atomic E-state index is 11.2. The van der Waals surface area contributed by atoms with Crippen LogP contribution < -0.4 is 4.90 Å². The Morgan fingerprint density at radius 3 is 2.82 bits per heavy atom. The molecule has 1 N–H and O–H groups in total. The number of hydrogen-bond acceptors (Lipinski definition) is 6. The van der Waals surface area contributed by atoms with E-state index in [0.717, 1.165) is 68.5 Å². The van der Waals surface area contributed by atoms with Crippen LogP contribution in [0.2, 0.25) is 0 Å². The summed E-state index contributed by atoms with van der Waals surface area (Å²) in [5.41, 5.74) is -0.544. The van der Waals surface area contributed by atoms with E-state index in [1.807, 2.05) is 0 Å². The topological polar surface area (TPSA) is 58.5 Å². The molecule has 0 aliphatic carbocycles. The largest absolute Gasteiger partial charge is 0.389 e. The Kier molecular flexibility index (Phi) is 5.00. The number of anilines is 1. The number of nitrogens with zero attached hydrogens (tertiary/aromatic N) is 3. The van der Waals surface area contributed by atoms with Crippen LogP contribution in [0.1, 0.15) is 44.5 Å². The lowest BCUT2D eigenvalue weighted by atomic mass is 9.70. The van der Waals surface area contributed by atoms with Gasteiger partial charge in [-0.3, -0.25) is 0 Å². The van der Waals surface area contributed by atoms with Crippen LogP contribution in [0.25, 0.3) is 0 Å². The van der Waals surface area contributed by atoms with E-state index in [1.54, 1.807) is 11.3 Å². The van der Waals surface area contributed by atoms with Gasteiger partial charge in [0.1, 0.15) is 5.01 Å². The van der Waals surface area contributed by atoms with Crippen molar-refractivity contribution in [3.8, 4) is 0 Å². The third-order valence-electron chi connectivity index (χ3n) is 5.25. The van der Waals surface area contributed by atoms with Crippen molar-refractivity contribution in [2.24, 2.45) is 11.8 Å². The minimum Gasteiger partial charge on any atom is -0.389 e. The third-order valence-corrected chi connectivity index (χ3v) is 6.29. The van der Waals surface area contributed by atoms with E-state index in [-0.39, 0.29) is 5.92 Å². The standard InChI is InChI=1S/C16H27N3O2S/c1-3-4-14-17-18-15(22-14)19-8-7-16(20,12(2)11-19)13-5-9-21-10-6-13/h12-13,20H,3-11H2,1-2H3. The van der Waals surface area contributed by atoms with Crippen LogP contribution in [-0.2, 0) is 11.2 Å². The summed E-state index contributed by atoms with van der Waals surface area (Å²) in [6.45, 7) is 7.67. The maximum Gasteiger partial charge on any atom is 0.208 e. The van der Waals surface area contributed by atoms with Crippen molar-refractivity contribution in [2.75, 3.05) is 31.2 Å². The maximum atomic E-state index is 11.2. The molecule has 3 rings (SSSR count). The van der Waals surface area contributed by atoms with Gasteiger partial charge in [-0.2, -0.15) is 0 Å². The highest BCUT2D eigenvalue weighted by Crippen LogP contribution is 2.40. The zero-order valence-corrected chi connectivity index (χ0v) is 14.4. The summed E-state index contributed by atoms with van der Waals surface area (Å²) < 4.78 is 5.45. The predicted octanol–water partition coefficient (Wildman–Crippen LogP) is 2.49. The van der Waals surface area contributed by atoms with E-state index in [2.05, 4.69) is 28.9 Å². The normalized spacial score (nSPS) is 30.7. The van der Waals surface area contributed by atoms with Gasteiger partial charge in [0.2, 0.25) is 5.13 Å². The van der Waals surface area contributed by atoms with Crippen molar-refractivity contribution < 1.29 is 9.84 Å². The Labute approximate surface area is 136 Å². The molecule has 2 saturated heterocycles. The number of ether oxygens (including phenoxy) is 1. The monoisotopic (exact) mass is 325 g/mol. The number of piperidine rings is 1. The van der Waals surface area contributed by atoms with E-state index in [1.165, 1.54) is 0 Å². The first-order chi connectivity index (χ1) is 10.6. The fourth-order valence-corrected chi connectivity index (χ4v) is 4.78. The van der Waals surface area contributed by atoms with Gasteiger partial charge in [0.15, 0.2) is 0 Å². The molecule has 0 aromatic carbocycles. The number of aryl methyl sites for hydroxylation is 1. The van der Waals surface area contributed by atoms with Crippen LogP contribution in [0.15, 0.2) is 0 Å². The molecular formula is C16H27N3O2S. The van der Waals surface area contributed by atoms with Crippen LogP contribution in [0.5, 0.6) is 0 Å². The fourth-order valence-electron chi connectivity index (χ4n) is 3.81. The average Bonchev–Trinajstić information content (AvgIpc) is 3.00. The number of aliphatic hydroxyl groups is 1. The molecule has 2 aliphatic heterocycles. The molecule has 6 heteroatoms. The fraction of sp³-hybridized carbons (Fsp3) is 0.875. The lowest BCUT2D eigenvalue weighted by molar-refractivity contribution is -0.108. The van der Waals surface area contributed by atoms with Crippen LogP contribution in [0.4, 0.5) is 5.13 Å². The van der Waals surface area contributed by atoms with Gasteiger partial charge in [-0.25, -0.2) is 0 Å². The van der Waals surface area contributed by atoms with E-state index in [9.17, 15) is 5.11 Å². The summed E-state index contributed by atoms with van der Waals surface area (Å²) in [6.07, 6.45) is 4.91. The summed E-state index contributed by atoms with van der Waals surface area (Å²) in [4.78, 5) is 2.30. The van der Waals surface area contributed by atoms with Crippen molar-refractivity contribution in [3.63, 3.8) is 0 Å². The van der Waals surface area contributed by atoms with Crippen molar-refractivity contribution in [1.82, 2.24) is 10.2 Å². The smallest absolute Gasteiger partial charge is 0.208 e. The molecular weight excluding hydrogens is 298 g/mol. The third kappa shape index (κ3) is 3.14. The lowest BCUT2D eigenvalue weighted by Gasteiger charge is -2.48. The first-order valence-electron chi connectivity index (χ1n) is 8.51. The quantitative estimate of drug-likeness (QED) is 0.922. The second-order valence-electron chi connectivity index (χ2n) is 6.70.